The maximum Gasteiger partial charge on any atom is -0.0145 e. The lowest BCUT2D eigenvalue weighted by atomic mass is 9.54. The van der Waals surface area contributed by atoms with E-state index in [2.05, 4.69) is 5.92 Å². The van der Waals surface area contributed by atoms with E-state index in [0.29, 0.717) is 0 Å². The van der Waals surface area contributed by atoms with E-state index in [0.717, 1.165) is 35.0 Å². The van der Waals surface area contributed by atoms with Gasteiger partial charge < -0.3 is 0 Å². The molecule has 4 unspecified atom stereocenters. The first-order chi connectivity index (χ1) is 9.90. The van der Waals surface area contributed by atoms with E-state index in [1.165, 1.54) is 0 Å². The molecule has 5 rings (SSSR count). The van der Waals surface area contributed by atoms with Crippen LogP contribution in [0.2, 0.25) is 0 Å². The summed E-state index contributed by atoms with van der Waals surface area (Å²) >= 11 is 0. The van der Waals surface area contributed by atoms with Crippen molar-refractivity contribution in [2.24, 2.45) is 35.0 Å². The van der Waals surface area contributed by atoms with Gasteiger partial charge in [-0.25, -0.2) is 0 Å². The van der Waals surface area contributed by atoms with E-state index < -0.39 is 0 Å². The summed E-state index contributed by atoms with van der Waals surface area (Å²) in [5.74, 6) is 7.80. The predicted octanol–water partition coefficient (Wildman–Crippen LogP) is 5.77. The highest BCUT2D eigenvalue weighted by atomic mass is 14.7. The molecule has 20 heavy (non-hydrogen) atoms. The molecular formula is C20H31. The third-order valence-corrected chi connectivity index (χ3v) is 8.52. The molecule has 0 heteroatoms. The summed E-state index contributed by atoms with van der Waals surface area (Å²) in [4.78, 5) is 0. The largest absolute Gasteiger partial charge is 0.0530 e. The summed E-state index contributed by atoms with van der Waals surface area (Å²) in [7, 11) is 0. The van der Waals surface area contributed by atoms with Crippen molar-refractivity contribution >= 4 is 0 Å². The van der Waals surface area contributed by atoms with Gasteiger partial charge in [0.1, 0.15) is 0 Å². The molecule has 0 spiro atoms. The van der Waals surface area contributed by atoms with Gasteiger partial charge in [-0.1, -0.05) is 38.5 Å². The fourth-order valence-electron chi connectivity index (χ4n) is 8.16. The highest BCUT2D eigenvalue weighted by Crippen LogP contribution is 2.75. The minimum Gasteiger partial charge on any atom is -0.0530 e. The zero-order valence-electron chi connectivity index (χ0n) is 13.1. The molecule has 111 valence electrons. The van der Waals surface area contributed by atoms with Crippen LogP contribution >= 0.6 is 0 Å². The maximum atomic E-state index is 2.12. The molecule has 2 bridgehead atoms. The van der Waals surface area contributed by atoms with Crippen molar-refractivity contribution in [1.82, 2.24) is 0 Å². The fourth-order valence-corrected chi connectivity index (χ4v) is 8.16. The molecule has 5 aliphatic rings. The van der Waals surface area contributed by atoms with Gasteiger partial charge in [-0.15, -0.1) is 0 Å². The van der Waals surface area contributed by atoms with E-state index in [1.54, 1.807) is 83.5 Å². The average molecular weight is 271 g/mol. The first kappa shape index (κ1) is 12.5. The van der Waals surface area contributed by atoms with Gasteiger partial charge >= 0.3 is 0 Å². The van der Waals surface area contributed by atoms with E-state index in [-0.39, 0.29) is 0 Å². The van der Waals surface area contributed by atoms with Gasteiger partial charge in [0.15, 0.2) is 0 Å². The van der Waals surface area contributed by atoms with E-state index in [1.807, 2.05) is 0 Å². The highest BCUT2D eigenvalue weighted by molar-refractivity contribution is 5.28. The Morgan fingerprint density at radius 3 is 2.05 bits per heavy atom. The van der Waals surface area contributed by atoms with Crippen LogP contribution in [0.1, 0.15) is 83.5 Å². The molecule has 5 fully saturated rings. The lowest BCUT2D eigenvalue weighted by molar-refractivity contribution is 0.0288. The van der Waals surface area contributed by atoms with Crippen molar-refractivity contribution in [3.05, 3.63) is 5.92 Å². The molecule has 0 nitrogen and oxygen atoms in total. The summed E-state index contributed by atoms with van der Waals surface area (Å²) < 4.78 is 0. The summed E-state index contributed by atoms with van der Waals surface area (Å²) in [5.41, 5.74) is 0.800. The van der Waals surface area contributed by atoms with Crippen molar-refractivity contribution in [1.29, 1.82) is 0 Å². The van der Waals surface area contributed by atoms with Gasteiger partial charge in [0, 0.05) is 0 Å². The molecule has 0 N–H and O–H groups in total. The van der Waals surface area contributed by atoms with Gasteiger partial charge in [-0.3, -0.25) is 0 Å². The van der Waals surface area contributed by atoms with Crippen LogP contribution in [-0.4, -0.2) is 0 Å². The van der Waals surface area contributed by atoms with Gasteiger partial charge in [-0.05, 0) is 85.9 Å². The van der Waals surface area contributed by atoms with Crippen molar-refractivity contribution in [3.8, 4) is 0 Å². The minimum absolute atomic E-state index is 0.800. The van der Waals surface area contributed by atoms with Gasteiger partial charge in [0.25, 0.3) is 0 Å². The first-order valence-electron chi connectivity index (χ1n) is 9.76. The number of hydrogen-bond donors (Lipinski definition) is 0. The van der Waals surface area contributed by atoms with E-state index in [9.17, 15) is 0 Å². The van der Waals surface area contributed by atoms with Gasteiger partial charge in [0.2, 0.25) is 0 Å². The highest BCUT2D eigenvalue weighted by Gasteiger charge is 2.67. The minimum atomic E-state index is 0.800. The molecule has 0 aromatic heterocycles. The zero-order chi connectivity index (χ0) is 13.2. The molecule has 0 heterocycles. The van der Waals surface area contributed by atoms with Crippen LogP contribution in [-0.2, 0) is 0 Å². The number of hydrogen-bond acceptors (Lipinski definition) is 0. The smallest absolute Gasteiger partial charge is 0.0145 e. The van der Waals surface area contributed by atoms with Crippen LogP contribution in [0.5, 0.6) is 0 Å². The van der Waals surface area contributed by atoms with Crippen LogP contribution in [0.4, 0.5) is 0 Å². The van der Waals surface area contributed by atoms with Crippen LogP contribution in [0.25, 0.3) is 0 Å². The van der Waals surface area contributed by atoms with Crippen LogP contribution in [0, 0.1) is 40.9 Å². The molecule has 0 aromatic carbocycles. The summed E-state index contributed by atoms with van der Waals surface area (Å²) in [5, 5.41) is 0. The maximum absolute atomic E-state index is 2.12. The third-order valence-electron chi connectivity index (χ3n) is 8.52. The van der Waals surface area contributed by atoms with Gasteiger partial charge in [-0.2, -0.15) is 0 Å². The normalized spacial score (nSPS) is 49.5. The average Bonchev–Trinajstić information content (AvgIpc) is 3.23. The summed E-state index contributed by atoms with van der Waals surface area (Å²) in [6, 6.07) is 0. The lowest BCUT2D eigenvalue weighted by Crippen LogP contribution is -2.44. The Morgan fingerprint density at radius 2 is 1.30 bits per heavy atom. The SMILES string of the molecule is C1CCC(C2CCC3C4CC[C](C4)C23C2CCCC2)C1. The second kappa shape index (κ2) is 4.50. The second-order valence-corrected chi connectivity index (χ2v) is 8.86. The summed E-state index contributed by atoms with van der Waals surface area (Å²) in [6.07, 6.45) is 20.5. The molecule has 0 aliphatic heterocycles. The zero-order valence-corrected chi connectivity index (χ0v) is 13.1. The molecule has 1 radical (unpaired) electrons. The third kappa shape index (κ3) is 1.45. The Labute approximate surface area is 125 Å². The molecule has 0 amide bonds. The lowest BCUT2D eigenvalue weighted by Gasteiger charge is -2.50. The van der Waals surface area contributed by atoms with Crippen molar-refractivity contribution in [3.63, 3.8) is 0 Å². The first-order valence-corrected chi connectivity index (χ1v) is 9.76. The molecule has 5 saturated carbocycles. The molecule has 0 aromatic rings. The van der Waals surface area contributed by atoms with Gasteiger partial charge in [0.05, 0.1) is 0 Å². The van der Waals surface area contributed by atoms with Crippen LogP contribution in [0.15, 0.2) is 0 Å². The quantitative estimate of drug-likeness (QED) is 0.598. The molecule has 0 saturated heterocycles. The Kier molecular flexibility index (Phi) is 2.82. The number of rotatable bonds is 2. The standard InChI is InChI=1S/C20H31/c1-2-6-14(5-1)18-11-12-19-15-9-10-17(13-15)20(18,19)16-7-3-4-8-16/h14-16,18-19H,1-13H2. The van der Waals surface area contributed by atoms with Crippen LogP contribution in [0.3, 0.4) is 0 Å². The molecule has 5 aliphatic carbocycles. The fraction of sp³-hybridized carbons (Fsp3) is 0.950. The second-order valence-electron chi connectivity index (χ2n) is 8.86. The van der Waals surface area contributed by atoms with Crippen LogP contribution < -0.4 is 0 Å². The Morgan fingerprint density at radius 1 is 0.650 bits per heavy atom. The Balaban J connectivity index is 1.55. The van der Waals surface area contributed by atoms with Crippen molar-refractivity contribution in [2.45, 2.75) is 83.5 Å². The number of fused-ring (bicyclic) bond motifs is 5. The van der Waals surface area contributed by atoms with E-state index >= 15 is 0 Å². The molecular weight excluding hydrogens is 240 g/mol. The Hall–Kier alpha value is 0. The molecule has 4 atom stereocenters. The Bertz CT molecular complexity index is 373. The predicted molar refractivity (Wildman–Crippen MR) is 83.1 cm³/mol. The monoisotopic (exact) mass is 271 g/mol. The topological polar surface area (TPSA) is 0 Å². The van der Waals surface area contributed by atoms with Crippen molar-refractivity contribution in [2.75, 3.05) is 0 Å². The van der Waals surface area contributed by atoms with E-state index in [4.69, 9.17) is 0 Å². The summed E-state index contributed by atoms with van der Waals surface area (Å²) in [6.45, 7) is 0. The van der Waals surface area contributed by atoms with Crippen molar-refractivity contribution < 1.29 is 0 Å².